The quantitative estimate of drug-likeness (QED) is 0.427. The maximum absolute atomic E-state index is 7.37. The van der Waals surface area contributed by atoms with E-state index >= 15 is 0 Å². The highest BCUT2D eigenvalue weighted by molar-refractivity contribution is 5.95. The molecule has 0 unspecified atom stereocenters. The maximum Gasteiger partial charge on any atom is 0.122 e. The zero-order valence-corrected chi connectivity index (χ0v) is 11.3. The van der Waals surface area contributed by atoms with Crippen LogP contribution in [0.25, 0.3) is 11.1 Å². The predicted molar refractivity (Wildman–Crippen MR) is 82.1 cm³/mol. The number of nitrogens with one attached hydrogen (secondary N) is 1. The summed E-state index contributed by atoms with van der Waals surface area (Å²) < 4.78 is 5.56. The van der Waals surface area contributed by atoms with E-state index in [9.17, 15) is 0 Å². The summed E-state index contributed by atoms with van der Waals surface area (Å²) in [6.07, 6.45) is 0.855. The van der Waals surface area contributed by atoms with E-state index in [4.69, 9.17) is 21.6 Å². The van der Waals surface area contributed by atoms with Crippen LogP contribution in [0.5, 0.6) is 5.75 Å². The SMILES string of the molecule is N=C(N)c1ccc(-c2ccc(OCCCN)cc2)cc1. The number of hydrogen-bond donors (Lipinski definition) is 3. The Bertz CT molecular complexity index is 561. The highest BCUT2D eigenvalue weighted by atomic mass is 16.5. The molecule has 20 heavy (non-hydrogen) atoms. The van der Waals surface area contributed by atoms with Crippen molar-refractivity contribution in [1.29, 1.82) is 5.41 Å². The molecular weight excluding hydrogens is 250 g/mol. The van der Waals surface area contributed by atoms with Crippen molar-refractivity contribution in [3.8, 4) is 16.9 Å². The summed E-state index contributed by atoms with van der Waals surface area (Å²) in [5, 5.41) is 7.37. The Hall–Kier alpha value is -2.33. The lowest BCUT2D eigenvalue weighted by Gasteiger charge is -2.07. The molecule has 4 nitrogen and oxygen atoms in total. The average molecular weight is 269 g/mol. The third-order valence-corrected chi connectivity index (χ3v) is 3.00. The number of hydrogen-bond acceptors (Lipinski definition) is 3. The van der Waals surface area contributed by atoms with Gasteiger partial charge in [0, 0.05) is 5.56 Å². The van der Waals surface area contributed by atoms with Gasteiger partial charge < -0.3 is 16.2 Å². The van der Waals surface area contributed by atoms with E-state index in [1.54, 1.807) is 0 Å². The molecule has 0 aromatic heterocycles. The van der Waals surface area contributed by atoms with Gasteiger partial charge in [-0.15, -0.1) is 0 Å². The molecule has 2 rings (SSSR count). The normalized spacial score (nSPS) is 10.2. The zero-order chi connectivity index (χ0) is 14.4. The lowest BCUT2D eigenvalue weighted by molar-refractivity contribution is 0.313. The molecule has 0 spiro atoms. The van der Waals surface area contributed by atoms with Crippen LogP contribution in [0.2, 0.25) is 0 Å². The van der Waals surface area contributed by atoms with E-state index in [2.05, 4.69) is 0 Å². The smallest absolute Gasteiger partial charge is 0.122 e. The molecule has 0 bridgehead atoms. The Kier molecular flexibility index (Phi) is 4.74. The number of amidine groups is 1. The fourth-order valence-corrected chi connectivity index (χ4v) is 1.86. The molecule has 0 saturated heterocycles. The van der Waals surface area contributed by atoms with E-state index in [-0.39, 0.29) is 5.84 Å². The number of nitrogens with two attached hydrogens (primary N) is 2. The van der Waals surface area contributed by atoms with Crippen LogP contribution in [-0.4, -0.2) is 19.0 Å². The molecule has 0 aliphatic carbocycles. The molecule has 0 heterocycles. The Morgan fingerprint density at radius 2 is 1.50 bits per heavy atom. The van der Waals surface area contributed by atoms with Crippen molar-refractivity contribution in [2.45, 2.75) is 6.42 Å². The topological polar surface area (TPSA) is 85.1 Å². The molecule has 2 aromatic rings. The fourth-order valence-electron chi connectivity index (χ4n) is 1.86. The Morgan fingerprint density at radius 3 is 2.00 bits per heavy atom. The number of nitrogen functional groups attached to an aromatic ring is 1. The fraction of sp³-hybridized carbons (Fsp3) is 0.188. The molecule has 2 aromatic carbocycles. The summed E-state index contributed by atoms with van der Waals surface area (Å²) in [6, 6.07) is 15.5. The van der Waals surface area contributed by atoms with Crippen molar-refractivity contribution >= 4 is 5.84 Å². The zero-order valence-electron chi connectivity index (χ0n) is 11.3. The average Bonchev–Trinajstić information content (AvgIpc) is 2.48. The van der Waals surface area contributed by atoms with Gasteiger partial charge in [-0.3, -0.25) is 5.41 Å². The highest BCUT2D eigenvalue weighted by Crippen LogP contribution is 2.22. The van der Waals surface area contributed by atoms with Crippen LogP contribution in [0, 0.1) is 5.41 Å². The molecule has 4 heteroatoms. The summed E-state index contributed by atoms with van der Waals surface area (Å²) in [7, 11) is 0. The van der Waals surface area contributed by atoms with Crippen molar-refractivity contribution < 1.29 is 4.74 Å². The first kappa shape index (κ1) is 14.1. The van der Waals surface area contributed by atoms with Gasteiger partial charge in [0.15, 0.2) is 0 Å². The van der Waals surface area contributed by atoms with E-state index < -0.39 is 0 Å². The van der Waals surface area contributed by atoms with Crippen LogP contribution < -0.4 is 16.2 Å². The van der Waals surface area contributed by atoms with E-state index in [1.807, 2.05) is 48.5 Å². The van der Waals surface area contributed by atoms with Gasteiger partial charge in [-0.2, -0.15) is 0 Å². The van der Waals surface area contributed by atoms with E-state index in [0.29, 0.717) is 13.2 Å². The lowest BCUT2D eigenvalue weighted by atomic mass is 10.0. The first-order valence-electron chi connectivity index (χ1n) is 6.58. The van der Waals surface area contributed by atoms with Gasteiger partial charge in [0.25, 0.3) is 0 Å². The first-order valence-corrected chi connectivity index (χ1v) is 6.58. The van der Waals surface area contributed by atoms with Gasteiger partial charge in [0.05, 0.1) is 6.61 Å². The van der Waals surface area contributed by atoms with Crippen LogP contribution in [-0.2, 0) is 0 Å². The number of ether oxygens (including phenoxy) is 1. The molecule has 0 aliphatic rings. The van der Waals surface area contributed by atoms with Crippen LogP contribution in [0.3, 0.4) is 0 Å². The first-order chi connectivity index (χ1) is 9.70. The number of rotatable bonds is 6. The van der Waals surface area contributed by atoms with Gasteiger partial charge >= 0.3 is 0 Å². The summed E-state index contributed by atoms with van der Waals surface area (Å²) >= 11 is 0. The summed E-state index contributed by atoms with van der Waals surface area (Å²) in [5.74, 6) is 0.933. The van der Waals surface area contributed by atoms with Gasteiger partial charge in [0.2, 0.25) is 0 Å². The van der Waals surface area contributed by atoms with E-state index in [1.165, 1.54) is 0 Å². The standard InChI is InChI=1S/C16H19N3O/c17-10-1-11-20-15-8-6-13(7-9-15)12-2-4-14(5-3-12)16(18)19/h2-9H,1,10-11,17H2,(H3,18,19). The summed E-state index contributed by atoms with van der Waals surface area (Å²) in [6.45, 7) is 1.28. The third-order valence-electron chi connectivity index (χ3n) is 3.00. The monoisotopic (exact) mass is 269 g/mol. The second kappa shape index (κ2) is 6.73. The molecule has 0 saturated carbocycles. The van der Waals surface area contributed by atoms with Crippen LogP contribution in [0.15, 0.2) is 48.5 Å². The molecule has 0 radical (unpaired) electrons. The minimum Gasteiger partial charge on any atom is -0.494 e. The largest absolute Gasteiger partial charge is 0.494 e. The van der Waals surface area contributed by atoms with Gasteiger partial charge in [0.1, 0.15) is 11.6 Å². The summed E-state index contributed by atoms with van der Waals surface area (Å²) in [5.41, 5.74) is 13.8. The predicted octanol–water partition coefficient (Wildman–Crippen LogP) is 2.37. The Balaban J connectivity index is 2.07. The summed E-state index contributed by atoms with van der Waals surface area (Å²) in [4.78, 5) is 0. The molecule has 104 valence electrons. The van der Waals surface area contributed by atoms with Crippen LogP contribution in [0.4, 0.5) is 0 Å². The van der Waals surface area contributed by atoms with Crippen LogP contribution >= 0.6 is 0 Å². The molecule has 0 atom stereocenters. The van der Waals surface area contributed by atoms with Crippen LogP contribution in [0.1, 0.15) is 12.0 Å². The second-order valence-electron chi connectivity index (χ2n) is 4.51. The minimum atomic E-state index is 0.0835. The molecule has 0 aliphatic heterocycles. The van der Waals surface area contributed by atoms with Crippen molar-refractivity contribution in [2.24, 2.45) is 11.5 Å². The lowest BCUT2D eigenvalue weighted by Crippen LogP contribution is -2.10. The van der Waals surface area contributed by atoms with Gasteiger partial charge in [-0.1, -0.05) is 36.4 Å². The Morgan fingerprint density at radius 1 is 0.950 bits per heavy atom. The van der Waals surface area contributed by atoms with Crippen molar-refractivity contribution in [1.82, 2.24) is 0 Å². The Labute approximate surface area is 118 Å². The second-order valence-corrected chi connectivity index (χ2v) is 4.51. The number of benzene rings is 2. The van der Waals surface area contributed by atoms with Crippen molar-refractivity contribution in [3.63, 3.8) is 0 Å². The molecule has 0 amide bonds. The maximum atomic E-state index is 7.37. The van der Waals surface area contributed by atoms with Crippen molar-refractivity contribution in [3.05, 3.63) is 54.1 Å². The van der Waals surface area contributed by atoms with E-state index in [0.717, 1.165) is 28.9 Å². The highest BCUT2D eigenvalue weighted by Gasteiger charge is 2.00. The minimum absolute atomic E-state index is 0.0835. The molecule has 5 N–H and O–H groups in total. The molecule has 0 fully saturated rings. The van der Waals surface area contributed by atoms with Gasteiger partial charge in [-0.05, 0) is 36.2 Å². The third kappa shape index (κ3) is 3.59. The van der Waals surface area contributed by atoms with Crippen molar-refractivity contribution in [2.75, 3.05) is 13.2 Å². The molecular formula is C16H19N3O. The van der Waals surface area contributed by atoms with Gasteiger partial charge in [-0.25, -0.2) is 0 Å².